The fourth-order valence-electron chi connectivity index (χ4n) is 1.19. The molecule has 0 radical (unpaired) electrons. The van der Waals surface area contributed by atoms with Crippen molar-refractivity contribution in [1.82, 2.24) is 10.3 Å². The van der Waals surface area contributed by atoms with Crippen molar-refractivity contribution >= 4 is 5.97 Å². The van der Waals surface area contributed by atoms with E-state index in [0.717, 1.165) is 5.69 Å². The number of hydrogen-bond acceptors (Lipinski definition) is 5. The molecule has 1 aromatic heterocycles. The number of carbonyl (C=O) groups is 1. The molecule has 2 N–H and O–H groups in total. The zero-order chi connectivity index (χ0) is 12.9. The minimum Gasteiger partial charge on any atom is -0.506 e. The van der Waals surface area contributed by atoms with Crippen molar-refractivity contribution in [3.05, 3.63) is 24.0 Å². The number of nitrogens with one attached hydrogen (secondary N) is 1. The predicted molar refractivity (Wildman–Crippen MR) is 63.5 cm³/mol. The van der Waals surface area contributed by atoms with Gasteiger partial charge in [0.05, 0.1) is 18.4 Å². The van der Waals surface area contributed by atoms with Gasteiger partial charge in [0.25, 0.3) is 0 Å². The minimum absolute atomic E-state index is 0.126. The maximum Gasteiger partial charge on any atom is 0.320 e. The Morgan fingerprint density at radius 1 is 1.47 bits per heavy atom. The molecule has 0 fully saturated rings. The SMILES string of the molecule is CC(C)(C)OC(=O)CNCc1ccc(O)cn1. The van der Waals surface area contributed by atoms with Crippen LogP contribution in [0.4, 0.5) is 0 Å². The molecule has 0 saturated carbocycles. The number of ether oxygens (including phenoxy) is 1. The topological polar surface area (TPSA) is 71.5 Å². The quantitative estimate of drug-likeness (QED) is 0.772. The summed E-state index contributed by atoms with van der Waals surface area (Å²) in [4.78, 5) is 15.3. The number of esters is 1. The molecule has 1 rings (SSSR count). The standard InChI is InChI=1S/C12H18N2O3/c1-12(2,3)17-11(16)8-13-6-9-4-5-10(15)7-14-9/h4-5,7,13,15H,6,8H2,1-3H3. The largest absolute Gasteiger partial charge is 0.506 e. The zero-order valence-electron chi connectivity index (χ0n) is 10.4. The summed E-state index contributed by atoms with van der Waals surface area (Å²) < 4.78 is 5.13. The second-order valence-electron chi connectivity index (χ2n) is 4.70. The van der Waals surface area contributed by atoms with Gasteiger partial charge in [-0.2, -0.15) is 0 Å². The predicted octanol–water partition coefficient (Wildman–Crippen LogP) is 1.22. The fourth-order valence-corrected chi connectivity index (χ4v) is 1.19. The first kappa shape index (κ1) is 13.4. The van der Waals surface area contributed by atoms with Crippen LogP contribution in [0, 0.1) is 0 Å². The van der Waals surface area contributed by atoms with E-state index in [1.54, 1.807) is 12.1 Å². The molecule has 0 unspecified atom stereocenters. The molecular formula is C12H18N2O3. The smallest absolute Gasteiger partial charge is 0.320 e. The van der Waals surface area contributed by atoms with Gasteiger partial charge in [0.1, 0.15) is 11.4 Å². The molecule has 0 amide bonds. The van der Waals surface area contributed by atoms with E-state index >= 15 is 0 Å². The minimum atomic E-state index is -0.463. The van der Waals surface area contributed by atoms with Crippen LogP contribution in [0.3, 0.4) is 0 Å². The summed E-state index contributed by atoms with van der Waals surface area (Å²) in [7, 11) is 0. The number of aromatic nitrogens is 1. The maximum atomic E-state index is 11.4. The lowest BCUT2D eigenvalue weighted by Gasteiger charge is -2.19. The summed E-state index contributed by atoms with van der Waals surface area (Å²) in [5.41, 5.74) is 0.293. The van der Waals surface area contributed by atoms with E-state index in [0.29, 0.717) is 6.54 Å². The number of rotatable bonds is 4. The highest BCUT2D eigenvalue weighted by Crippen LogP contribution is 2.07. The third-order valence-electron chi connectivity index (χ3n) is 1.80. The van der Waals surface area contributed by atoms with E-state index < -0.39 is 5.60 Å². The molecule has 0 aromatic carbocycles. The molecule has 0 aliphatic heterocycles. The van der Waals surface area contributed by atoms with Gasteiger partial charge < -0.3 is 15.2 Å². The lowest BCUT2D eigenvalue weighted by molar-refractivity contribution is -0.153. The van der Waals surface area contributed by atoms with Crippen LogP contribution >= 0.6 is 0 Å². The monoisotopic (exact) mass is 238 g/mol. The van der Waals surface area contributed by atoms with E-state index in [1.807, 2.05) is 20.8 Å². The van der Waals surface area contributed by atoms with E-state index in [2.05, 4.69) is 10.3 Å². The molecule has 0 saturated heterocycles. The van der Waals surface area contributed by atoms with Gasteiger partial charge in [-0.05, 0) is 32.9 Å². The molecule has 0 spiro atoms. The van der Waals surface area contributed by atoms with Gasteiger partial charge >= 0.3 is 5.97 Å². The first-order valence-electron chi connectivity index (χ1n) is 5.43. The molecule has 5 heteroatoms. The third-order valence-corrected chi connectivity index (χ3v) is 1.80. The fraction of sp³-hybridized carbons (Fsp3) is 0.500. The van der Waals surface area contributed by atoms with Crippen molar-refractivity contribution in [2.24, 2.45) is 0 Å². The van der Waals surface area contributed by atoms with Gasteiger partial charge in [-0.1, -0.05) is 0 Å². The van der Waals surface area contributed by atoms with Crippen molar-refractivity contribution in [2.75, 3.05) is 6.54 Å². The molecule has 17 heavy (non-hydrogen) atoms. The summed E-state index contributed by atoms with van der Waals surface area (Å²) in [6.45, 7) is 6.07. The van der Waals surface area contributed by atoms with E-state index in [-0.39, 0.29) is 18.3 Å². The molecule has 94 valence electrons. The lowest BCUT2D eigenvalue weighted by Crippen LogP contribution is -2.31. The van der Waals surface area contributed by atoms with Crippen LogP contribution in [-0.4, -0.2) is 28.2 Å². The van der Waals surface area contributed by atoms with Crippen LogP contribution in [0.1, 0.15) is 26.5 Å². The number of hydrogen-bond donors (Lipinski definition) is 2. The van der Waals surface area contributed by atoms with Crippen LogP contribution < -0.4 is 5.32 Å². The molecule has 1 heterocycles. The van der Waals surface area contributed by atoms with Crippen LogP contribution in [-0.2, 0) is 16.1 Å². The molecule has 5 nitrogen and oxygen atoms in total. The van der Waals surface area contributed by atoms with Crippen molar-refractivity contribution < 1.29 is 14.6 Å². The first-order valence-corrected chi connectivity index (χ1v) is 5.43. The molecule has 0 aliphatic rings. The summed E-state index contributed by atoms with van der Waals surface area (Å²) in [6.07, 6.45) is 1.37. The number of pyridine rings is 1. The molecule has 0 bridgehead atoms. The Hall–Kier alpha value is -1.62. The Bertz CT molecular complexity index is 368. The Kier molecular flexibility index (Phi) is 4.45. The third kappa shape index (κ3) is 5.87. The van der Waals surface area contributed by atoms with Gasteiger partial charge in [-0.15, -0.1) is 0 Å². The van der Waals surface area contributed by atoms with Gasteiger partial charge in [0, 0.05) is 6.54 Å². The highest BCUT2D eigenvalue weighted by Gasteiger charge is 2.15. The second-order valence-corrected chi connectivity index (χ2v) is 4.70. The zero-order valence-corrected chi connectivity index (χ0v) is 10.4. The van der Waals surface area contributed by atoms with Gasteiger partial charge in [0.2, 0.25) is 0 Å². The Morgan fingerprint density at radius 2 is 2.18 bits per heavy atom. The summed E-state index contributed by atoms with van der Waals surface area (Å²) in [5.74, 6) is -0.169. The van der Waals surface area contributed by atoms with Crippen molar-refractivity contribution in [2.45, 2.75) is 32.9 Å². The summed E-state index contributed by atoms with van der Waals surface area (Å²) in [6, 6.07) is 3.24. The van der Waals surface area contributed by atoms with E-state index in [4.69, 9.17) is 9.84 Å². The van der Waals surface area contributed by atoms with Gasteiger partial charge in [-0.25, -0.2) is 0 Å². The van der Waals surface area contributed by atoms with Gasteiger partial charge in [-0.3, -0.25) is 9.78 Å². The highest BCUT2D eigenvalue weighted by molar-refractivity contribution is 5.72. The average molecular weight is 238 g/mol. The van der Waals surface area contributed by atoms with Crippen molar-refractivity contribution in [3.63, 3.8) is 0 Å². The Morgan fingerprint density at radius 3 is 2.71 bits per heavy atom. The summed E-state index contributed by atoms with van der Waals surface area (Å²) in [5, 5.41) is 12.0. The summed E-state index contributed by atoms with van der Waals surface area (Å²) >= 11 is 0. The highest BCUT2D eigenvalue weighted by atomic mass is 16.6. The van der Waals surface area contributed by atoms with Crippen LogP contribution in [0.2, 0.25) is 0 Å². The van der Waals surface area contributed by atoms with E-state index in [9.17, 15) is 4.79 Å². The average Bonchev–Trinajstić information content (AvgIpc) is 2.18. The lowest BCUT2D eigenvalue weighted by atomic mass is 10.2. The van der Waals surface area contributed by atoms with Crippen molar-refractivity contribution in [3.8, 4) is 5.75 Å². The van der Waals surface area contributed by atoms with Crippen LogP contribution in [0.15, 0.2) is 18.3 Å². The number of nitrogens with zero attached hydrogens (tertiary/aromatic N) is 1. The Balaban J connectivity index is 2.28. The van der Waals surface area contributed by atoms with Gasteiger partial charge in [0.15, 0.2) is 0 Å². The van der Waals surface area contributed by atoms with E-state index in [1.165, 1.54) is 6.20 Å². The maximum absolute atomic E-state index is 11.4. The van der Waals surface area contributed by atoms with Crippen molar-refractivity contribution in [1.29, 1.82) is 0 Å². The number of carbonyl (C=O) groups excluding carboxylic acids is 1. The molecule has 0 aliphatic carbocycles. The normalized spacial score (nSPS) is 11.2. The molecule has 1 aromatic rings. The van der Waals surface area contributed by atoms with Crippen LogP contribution in [0.25, 0.3) is 0 Å². The number of aromatic hydroxyl groups is 1. The second kappa shape index (κ2) is 5.63. The van der Waals surface area contributed by atoms with Crippen LogP contribution in [0.5, 0.6) is 5.75 Å². The molecule has 0 atom stereocenters. The Labute approximate surface area is 101 Å². The molecular weight excluding hydrogens is 220 g/mol. The first-order chi connectivity index (χ1) is 7.87.